The summed E-state index contributed by atoms with van der Waals surface area (Å²) in [4.78, 5) is 9.87. The minimum absolute atomic E-state index is 0.340. The lowest BCUT2D eigenvalue weighted by Crippen LogP contribution is -2.17. The second-order valence-corrected chi connectivity index (χ2v) is 2.77. The van der Waals surface area contributed by atoms with Crippen LogP contribution in [0.25, 0.3) is 0 Å². The Balaban J connectivity index is 3.64. The quantitative estimate of drug-likeness (QED) is 0.495. The Morgan fingerprint density at radius 1 is 0.882 bits per heavy atom. The first kappa shape index (κ1) is 13.3. The highest BCUT2D eigenvalue weighted by atomic mass is 19.4. The topological polar surface area (TPSA) is 29.1 Å². The molecule has 0 aliphatic heterocycles. The molecule has 0 bridgehead atoms. The Morgan fingerprint density at radius 2 is 1.29 bits per heavy atom. The predicted molar refractivity (Wildman–Crippen MR) is 41.0 cm³/mol. The van der Waals surface area contributed by atoms with Gasteiger partial charge in [-0.05, 0) is 0 Å². The molecule has 0 atom stereocenters. The number of rotatable bonds is 2. The van der Waals surface area contributed by atoms with E-state index in [1.807, 2.05) is 0 Å². The van der Waals surface area contributed by atoms with Gasteiger partial charge in [-0.15, -0.1) is 0 Å². The molecule has 1 amide bonds. The van der Waals surface area contributed by atoms with Gasteiger partial charge in [0.15, 0.2) is 23.3 Å². The third-order valence-electron chi connectivity index (χ3n) is 1.75. The number of carbonyl (C=O) groups is 1. The summed E-state index contributed by atoms with van der Waals surface area (Å²) in [6.45, 7) is 0. The molecule has 0 heterocycles. The van der Waals surface area contributed by atoms with Crippen molar-refractivity contribution in [1.82, 2.24) is 0 Å². The average molecular weight is 261 g/mol. The molecule has 94 valence electrons. The maximum absolute atomic E-state index is 12.9. The Hall–Kier alpha value is -1.80. The van der Waals surface area contributed by atoms with E-state index in [2.05, 4.69) is 0 Å². The van der Waals surface area contributed by atoms with Crippen LogP contribution in [0.5, 0.6) is 0 Å². The van der Waals surface area contributed by atoms with Crippen LogP contribution in [0.1, 0.15) is 5.56 Å². The fraction of sp³-hybridized carbons (Fsp3) is 0.125. The molecular weight excluding hydrogens is 259 g/mol. The largest absolute Gasteiger partial charge is 0.422 e. The van der Waals surface area contributed by atoms with Crippen LogP contribution < -0.4 is 5.32 Å². The molecule has 0 fully saturated rings. The normalized spacial score (nSPS) is 11.5. The third-order valence-corrected chi connectivity index (χ3v) is 1.75. The number of benzene rings is 1. The van der Waals surface area contributed by atoms with Crippen LogP contribution in [-0.2, 0) is 11.0 Å². The summed E-state index contributed by atoms with van der Waals surface area (Å²) in [5, 5.41) is 1.23. The zero-order valence-corrected chi connectivity index (χ0v) is 7.63. The van der Waals surface area contributed by atoms with E-state index < -0.39 is 40.7 Å². The molecule has 0 aliphatic carbocycles. The second-order valence-electron chi connectivity index (χ2n) is 2.77. The van der Waals surface area contributed by atoms with Crippen molar-refractivity contribution in [2.24, 2.45) is 0 Å². The first-order valence-electron chi connectivity index (χ1n) is 3.85. The highest BCUT2D eigenvalue weighted by Gasteiger charge is 2.42. The Kier molecular flexibility index (Phi) is 3.30. The molecule has 0 radical (unpaired) electrons. The van der Waals surface area contributed by atoms with Crippen molar-refractivity contribution in [1.29, 1.82) is 0 Å². The van der Waals surface area contributed by atoms with E-state index in [-0.39, 0.29) is 6.41 Å². The molecule has 1 aromatic carbocycles. The fourth-order valence-corrected chi connectivity index (χ4v) is 1.07. The number of hydrogen-bond acceptors (Lipinski definition) is 1. The van der Waals surface area contributed by atoms with Gasteiger partial charge in [0.2, 0.25) is 6.41 Å². The lowest BCUT2D eigenvalue weighted by Gasteiger charge is -2.13. The van der Waals surface area contributed by atoms with Crippen molar-refractivity contribution in [3.63, 3.8) is 0 Å². The lowest BCUT2D eigenvalue weighted by atomic mass is 10.1. The van der Waals surface area contributed by atoms with Gasteiger partial charge in [0.25, 0.3) is 0 Å². The molecule has 1 N–H and O–H groups in total. The number of nitrogens with one attached hydrogen (secondary N) is 1. The van der Waals surface area contributed by atoms with Gasteiger partial charge in [0, 0.05) is 0 Å². The highest BCUT2D eigenvalue weighted by molar-refractivity contribution is 5.72. The summed E-state index contributed by atoms with van der Waals surface area (Å²) in [5.41, 5.74) is -4.31. The van der Waals surface area contributed by atoms with Crippen LogP contribution in [0.3, 0.4) is 0 Å². The van der Waals surface area contributed by atoms with Gasteiger partial charge in [0.1, 0.15) is 11.3 Å². The average Bonchev–Trinajstić information content (AvgIpc) is 2.20. The number of halogens is 7. The summed E-state index contributed by atoms with van der Waals surface area (Å²) in [6, 6.07) is 0. The molecule has 0 saturated carbocycles. The van der Waals surface area contributed by atoms with Gasteiger partial charge in [-0.2, -0.15) is 13.2 Å². The van der Waals surface area contributed by atoms with Crippen molar-refractivity contribution in [2.45, 2.75) is 6.18 Å². The van der Waals surface area contributed by atoms with Gasteiger partial charge in [0.05, 0.1) is 0 Å². The first-order valence-corrected chi connectivity index (χ1v) is 3.85. The predicted octanol–water partition coefficient (Wildman–Crippen LogP) is 2.83. The van der Waals surface area contributed by atoms with E-state index in [1.54, 1.807) is 0 Å². The van der Waals surface area contributed by atoms with E-state index >= 15 is 0 Å². The zero-order chi connectivity index (χ0) is 13.4. The molecule has 17 heavy (non-hydrogen) atoms. The number of hydrogen-bond donors (Lipinski definition) is 1. The Morgan fingerprint density at radius 3 is 1.59 bits per heavy atom. The Bertz CT molecular complexity index is 439. The van der Waals surface area contributed by atoms with Crippen LogP contribution in [0.15, 0.2) is 0 Å². The van der Waals surface area contributed by atoms with E-state index in [0.717, 1.165) is 0 Å². The maximum atomic E-state index is 12.9. The van der Waals surface area contributed by atoms with Crippen LogP contribution in [0.2, 0.25) is 0 Å². The summed E-state index contributed by atoms with van der Waals surface area (Å²) < 4.78 is 87.8. The van der Waals surface area contributed by atoms with Crippen molar-refractivity contribution >= 4 is 12.1 Å². The lowest BCUT2D eigenvalue weighted by molar-refractivity contribution is -0.143. The second kappa shape index (κ2) is 4.22. The summed E-state index contributed by atoms with van der Waals surface area (Å²) in [7, 11) is 0. The van der Waals surface area contributed by atoms with Crippen LogP contribution >= 0.6 is 0 Å². The van der Waals surface area contributed by atoms with Crippen molar-refractivity contribution in [3.8, 4) is 0 Å². The van der Waals surface area contributed by atoms with Crippen LogP contribution in [-0.4, -0.2) is 6.41 Å². The van der Waals surface area contributed by atoms with Gasteiger partial charge >= 0.3 is 6.18 Å². The van der Waals surface area contributed by atoms with Gasteiger partial charge in [-0.3, -0.25) is 4.79 Å². The summed E-state index contributed by atoms with van der Waals surface area (Å²) in [6.07, 6.45) is -5.94. The SMILES string of the molecule is O=CNc1c(F)c(F)c(C(F)(F)F)c(F)c1F. The standard InChI is InChI=1S/C8H2F7NO/c9-3-2(8(13,14)15)4(10)6(12)7(5(3)11)16-1-17/h1H,(H,16,17). The first-order chi connectivity index (χ1) is 7.71. The molecular formula is C8H2F7NO. The zero-order valence-electron chi connectivity index (χ0n) is 7.63. The number of amides is 1. The summed E-state index contributed by atoms with van der Waals surface area (Å²) >= 11 is 0. The minimum Gasteiger partial charge on any atom is -0.324 e. The third kappa shape index (κ3) is 2.17. The molecule has 1 aromatic rings. The maximum Gasteiger partial charge on any atom is 0.422 e. The highest BCUT2D eigenvalue weighted by Crippen LogP contribution is 2.38. The molecule has 0 aromatic heterocycles. The van der Waals surface area contributed by atoms with Gasteiger partial charge in [-0.1, -0.05) is 0 Å². The monoisotopic (exact) mass is 261 g/mol. The van der Waals surface area contributed by atoms with Crippen LogP contribution in [0.4, 0.5) is 36.4 Å². The van der Waals surface area contributed by atoms with E-state index in [9.17, 15) is 35.5 Å². The molecule has 9 heteroatoms. The van der Waals surface area contributed by atoms with Gasteiger partial charge < -0.3 is 5.32 Å². The van der Waals surface area contributed by atoms with Crippen molar-refractivity contribution in [3.05, 3.63) is 28.8 Å². The number of alkyl halides is 3. The molecule has 1 rings (SSSR count). The fourth-order valence-electron chi connectivity index (χ4n) is 1.07. The van der Waals surface area contributed by atoms with Crippen molar-refractivity contribution < 1.29 is 35.5 Å². The van der Waals surface area contributed by atoms with Crippen LogP contribution in [0, 0.1) is 23.3 Å². The Labute approximate surface area is 89.0 Å². The number of carbonyl (C=O) groups excluding carboxylic acids is 1. The van der Waals surface area contributed by atoms with Crippen molar-refractivity contribution in [2.75, 3.05) is 5.32 Å². The molecule has 2 nitrogen and oxygen atoms in total. The molecule has 0 unspecified atom stereocenters. The molecule has 0 spiro atoms. The van der Waals surface area contributed by atoms with E-state index in [1.165, 1.54) is 5.32 Å². The number of anilines is 1. The molecule has 0 aliphatic rings. The summed E-state index contributed by atoms with van der Waals surface area (Å²) in [5.74, 6) is -9.91. The smallest absolute Gasteiger partial charge is 0.324 e. The van der Waals surface area contributed by atoms with E-state index in [0.29, 0.717) is 0 Å². The van der Waals surface area contributed by atoms with Gasteiger partial charge in [-0.25, -0.2) is 17.6 Å². The minimum atomic E-state index is -5.60. The molecule has 0 saturated heterocycles. The van der Waals surface area contributed by atoms with E-state index in [4.69, 9.17) is 0 Å².